The van der Waals surface area contributed by atoms with Crippen molar-refractivity contribution in [3.05, 3.63) is 40.7 Å². The van der Waals surface area contributed by atoms with E-state index >= 15 is 0 Å². The Kier molecular flexibility index (Phi) is 4.13. The SMILES string of the molecule is Cn1cc(C(=O)N2CCN(C3CC3)c3cc(Cl)ccc32)c(C2CCOC2)n1. The zero-order valence-electron chi connectivity index (χ0n) is 15.4. The minimum absolute atomic E-state index is 0.0176. The smallest absolute Gasteiger partial charge is 0.261 e. The summed E-state index contributed by atoms with van der Waals surface area (Å²) < 4.78 is 7.26. The van der Waals surface area contributed by atoms with E-state index in [1.54, 1.807) is 4.68 Å². The highest BCUT2D eigenvalue weighted by molar-refractivity contribution is 6.31. The number of aromatic nitrogens is 2. The lowest BCUT2D eigenvalue weighted by Crippen LogP contribution is -2.45. The molecule has 1 atom stereocenters. The topological polar surface area (TPSA) is 50.6 Å². The number of anilines is 2. The first kappa shape index (κ1) is 17.1. The van der Waals surface area contributed by atoms with Crippen LogP contribution >= 0.6 is 11.6 Å². The maximum absolute atomic E-state index is 13.5. The van der Waals surface area contributed by atoms with Gasteiger partial charge in [-0.25, -0.2) is 0 Å². The Labute approximate surface area is 163 Å². The van der Waals surface area contributed by atoms with Crippen LogP contribution in [0.2, 0.25) is 5.02 Å². The number of benzene rings is 1. The lowest BCUT2D eigenvalue weighted by atomic mass is 10.00. The Morgan fingerprint density at radius 2 is 2.07 bits per heavy atom. The average Bonchev–Trinajstić information content (AvgIpc) is 3.20. The van der Waals surface area contributed by atoms with Gasteiger partial charge < -0.3 is 14.5 Å². The fourth-order valence-corrected chi connectivity index (χ4v) is 4.41. The van der Waals surface area contributed by atoms with Gasteiger partial charge in [0.1, 0.15) is 0 Å². The van der Waals surface area contributed by atoms with E-state index < -0.39 is 0 Å². The quantitative estimate of drug-likeness (QED) is 0.812. The van der Waals surface area contributed by atoms with E-state index in [2.05, 4.69) is 10.00 Å². The number of hydrogen-bond acceptors (Lipinski definition) is 4. The monoisotopic (exact) mass is 386 g/mol. The summed E-state index contributed by atoms with van der Waals surface area (Å²) in [5.41, 5.74) is 3.56. The molecule has 1 aromatic carbocycles. The van der Waals surface area contributed by atoms with Crippen LogP contribution in [0.15, 0.2) is 24.4 Å². The number of hydrogen-bond donors (Lipinski definition) is 0. The van der Waals surface area contributed by atoms with Crippen LogP contribution in [0.3, 0.4) is 0 Å². The molecular formula is C20H23ClN4O2. The molecule has 1 saturated heterocycles. The van der Waals surface area contributed by atoms with Crippen molar-refractivity contribution in [2.45, 2.75) is 31.2 Å². The number of nitrogens with zero attached hydrogens (tertiary/aromatic N) is 4. The molecule has 0 bridgehead atoms. The standard InChI is InChI=1S/C20H23ClN4O2/c1-23-11-16(19(22-23)13-6-9-27-12-13)20(26)25-8-7-24(15-3-4-15)18-10-14(21)2-5-17(18)25/h2,5,10-11,13,15H,3-4,6-9,12H2,1H3. The molecule has 2 aliphatic heterocycles. The molecule has 6 nitrogen and oxygen atoms in total. The highest BCUT2D eigenvalue weighted by atomic mass is 35.5. The number of carbonyl (C=O) groups excluding carboxylic acids is 1. The van der Waals surface area contributed by atoms with Crippen molar-refractivity contribution in [1.29, 1.82) is 0 Å². The molecule has 0 N–H and O–H groups in total. The number of fused-ring (bicyclic) bond motifs is 1. The molecule has 1 aliphatic carbocycles. The number of carbonyl (C=O) groups is 1. The maximum atomic E-state index is 13.5. The Balaban J connectivity index is 1.52. The van der Waals surface area contributed by atoms with Crippen LogP contribution in [0.1, 0.15) is 41.2 Å². The average molecular weight is 387 g/mol. The lowest BCUT2D eigenvalue weighted by molar-refractivity contribution is 0.0985. The minimum atomic E-state index is 0.0176. The van der Waals surface area contributed by atoms with E-state index in [0.717, 1.165) is 36.6 Å². The second kappa shape index (κ2) is 6.53. The van der Waals surface area contributed by atoms with Crippen molar-refractivity contribution in [1.82, 2.24) is 9.78 Å². The highest BCUT2D eigenvalue weighted by Gasteiger charge is 2.37. The Morgan fingerprint density at radius 3 is 2.81 bits per heavy atom. The number of amides is 1. The van der Waals surface area contributed by atoms with Crippen molar-refractivity contribution in [3.8, 4) is 0 Å². The molecular weight excluding hydrogens is 364 g/mol. The second-order valence-corrected chi connectivity index (χ2v) is 8.11. The predicted molar refractivity (Wildman–Crippen MR) is 105 cm³/mol. The Morgan fingerprint density at radius 1 is 1.22 bits per heavy atom. The summed E-state index contributed by atoms with van der Waals surface area (Å²) in [6.45, 7) is 2.89. The van der Waals surface area contributed by atoms with Crippen molar-refractivity contribution in [2.24, 2.45) is 7.05 Å². The molecule has 5 rings (SSSR count). The minimum Gasteiger partial charge on any atom is -0.381 e. The summed E-state index contributed by atoms with van der Waals surface area (Å²) in [5.74, 6) is 0.214. The van der Waals surface area contributed by atoms with E-state index in [9.17, 15) is 4.79 Å². The van der Waals surface area contributed by atoms with Gasteiger partial charge in [-0.15, -0.1) is 0 Å². The molecule has 3 aliphatic rings. The number of aryl methyl sites for hydroxylation is 1. The largest absolute Gasteiger partial charge is 0.381 e. The first-order valence-electron chi connectivity index (χ1n) is 9.61. The summed E-state index contributed by atoms with van der Waals surface area (Å²) in [6.07, 6.45) is 5.19. The first-order valence-corrected chi connectivity index (χ1v) is 9.99. The van der Waals surface area contributed by atoms with E-state index in [1.807, 2.05) is 36.3 Å². The summed E-state index contributed by atoms with van der Waals surface area (Å²) in [5, 5.41) is 5.30. The number of halogens is 1. The summed E-state index contributed by atoms with van der Waals surface area (Å²) in [7, 11) is 1.87. The molecule has 0 spiro atoms. The van der Waals surface area contributed by atoms with Crippen LogP contribution < -0.4 is 9.80 Å². The van der Waals surface area contributed by atoms with Gasteiger partial charge in [0.25, 0.3) is 5.91 Å². The van der Waals surface area contributed by atoms with Crippen molar-refractivity contribution in [3.63, 3.8) is 0 Å². The molecule has 27 heavy (non-hydrogen) atoms. The third-order valence-electron chi connectivity index (χ3n) is 5.74. The fraction of sp³-hybridized carbons (Fsp3) is 0.500. The van der Waals surface area contributed by atoms with E-state index in [1.165, 1.54) is 12.8 Å². The van der Waals surface area contributed by atoms with Crippen molar-refractivity contribution < 1.29 is 9.53 Å². The zero-order valence-corrected chi connectivity index (χ0v) is 16.2. The van der Waals surface area contributed by atoms with Crippen molar-refractivity contribution in [2.75, 3.05) is 36.1 Å². The molecule has 1 aromatic heterocycles. The third kappa shape index (κ3) is 3.01. The molecule has 1 unspecified atom stereocenters. The van der Waals surface area contributed by atoms with Crippen LogP contribution in [-0.4, -0.2) is 48.0 Å². The van der Waals surface area contributed by atoms with Gasteiger partial charge in [0, 0.05) is 49.9 Å². The van der Waals surface area contributed by atoms with Gasteiger partial charge in [-0.3, -0.25) is 9.48 Å². The lowest BCUT2D eigenvalue weighted by Gasteiger charge is -2.38. The van der Waals surface area contributed by atoms with E-state index in [-0.39, 0.29) is 11.8 Å². The molecule has 142 valence electrons. The zero-order chi connectivity index (χ0) is 18.5. The highest BCUT2D eigenvalue weighted by Crippen LogP contribution is 2.42. The molecule has 3 heterocycles. The molecule has 0 radical (unpaired) electrons. The van der Waals surface area contributed by atoms with Gasteiger partial charge in [-0.2, -0.15) is 5.10 Å². The van der Waals surface area contributed by atoms with E-state index in [0.29, 0.717) is 29.8 Å². The van der Waals surface area contributed by atoms with Crippen LogP contribution in [0.4, 0.5) is 11.4 Å². The predicted octanol–water partition coefficient (Wildman–Crippen LogP) is 3.21. The number of ether oxygens (including phenoxy) is 1. The van der Waals surface area contributed by atoms with Crippen LogP contribution in [0.5, 0.6) is 0 Å². The molecule has 2 fully saturated rings. The van der Waals surface area contributed by atoms with Gasteiger partial charge in [-0.1, -0.05) is 11.6 Å². The third-order valence-corrected chi connectivity index (χ3v) is 5.97. The maximum Gasteiger partial charge on any atom is 0.261 e. The summed E-state index contributed by atoms with van der Waals surface area (Å²) in [6, 6.07) is 6.41. The van der Waals surface area contributed by atoms with Crippen LogP contribution in [0.25, 0.3) is 0 Å². The van der Waals surface area contributed by atoms with Gasteiger partial charge in [0.15, 0.2) is 0 Å². The molecule has 7 heteroatoms. The summed E-state index contributed by atoms with van der Waals surface area (Å²) >= 11 is 6.27. The Hall–Kier alpha value is -2.05. The van der Waals surface area contributed by atoms with Gasteiger partial charge in [-0.05, 0) is 37.5 Å². The fourth-order valence-electron chi connectivity index (χ4n) is 4.25. The van der Waals surface area contributed by atoms with Crippen molar-refractivity contribution >= 4 is 28.9 Å². The molecule has 2 aromatic rings. The van der Waals surface area contributed by atoms with Crippen LogP contribution in [-0.2, 0) is 11.8 Å². The van der Waals surface area contributed by atoms with Crippen LogP contribution in [0, 0.1) is 0 Å². The normalized spacial score (nSPS) is 22.2. The Bertz CT molecular complexity index is 886. The van der Waals surface area contributed by atoms with Gasteiger partial charge in [0.2, 0.25) is 0 Å². The van der Waals surface area contributed by atoms with E-state index in [4.69, 9.17) is 16.3 Å². The van der Waals surface area contributed by atoms with Gasteiger partial charge in [0.05, 0.1) is 29.2 Å². The first-order chi connectivity index (χ1) is 13.1. The molecule has 1 saturated carbocycles. The number of rotatable bonds is 3. The second-order valence-electron chi connectivity index (χ2n) is 7.68. The molecule has 1 amide bonds. The summed E-state index contributed by atoms with van der Waals surface area (Å²) in [4.78, 5) is 17.8. The van der Waals surface area contributed by atoms with Gasteiger partial charge >= 0.3 is 0 Å².